The summed E-state index contributed by atoms with van der Waals surface area (Å²) in [6.45, 7) is 3.59. The third-order valence-corrected chi connectivity index (χ3v) is 5.85. The van der Waals surface area contributed by atoms with Crippen LogP contribution in [-0.4, -0.2) is 82.5 Å². The number of carboxylic acids is 1. The summed E-state index contributed by atoms with van der Waals surface area (Å²) < 4.78 is 0. The van der Waals surface area contributed by atoms with Crippen molar-refractivity contribution in [3.05, 3.63) is 65.5 Å². The molecule has 1 aromatic heterocycles. The molecule has 1 amide bonds. The molecule has 4 rings (SSSR count). The number of hydrogen-bond donors (Lipinski definition) is 2. The minimum absolute atomic E-state index is 0.0795. The van der Waals surface area contributed by atoms with Gasteiger partial charge in [-0.3, -0.25) is 19.5 Å². The number of piperazine rings is 1. The van der Waals surface area contributed by atoms with E-state index in [0.717, 1.165) is 22.4 Å². The van der Waals surface area contributed by atoms with Crippen LogP contribution in [0.15, 0.2) is 59.0 Å². The monoisotopic (exact) mass is 464 g/mol. The Morgan fingerprint density at radius 3 is 2.74 bits per heavy atom. The van der Waals surface area contributed by atoms with Crippen molar-refractivity contribution in [1.29, 1.82) is 0 Å². The van der Waals surface area contributed by atoms with Crippen LogP contribution in [0.1, 0.15) is 36.1 Å². The molecule has 1 aromatic carbocycles. The van der Waals surface area contributed by atoms with Crippen LogP contribution < -0.4 is 5.43 Å². The second kappa shape index (κ2) is 10.9. The highest BCUT2D eigenvalue weighted by atomic mass is 16.6. The molecule has 0 aliphatic carbocycles. The minimum Gasteiger partial charge on any atom is -0.480 e. The fourth-order valence-electron chi connectivity index (χ4n) is 3.94. The number of pyridine rings is 1. The van der Waals surface area contributed by atoms with Gasteiger partial charge in [-0.25, -0.2) is 0 Å². The summed E-state index contributed by atoms with van der Waals surface area (Å²) >= 11 is 0. The van der Waals surface area contributed by atoms with Crippen LogP contribution in [0.25, 0.3) is 0 Å². The first kappa shape index (κ1) is 23.4. The Kier molecular flexibility index (Phi) is 7.48. The lowest BCUT2D eigenvalue weighted by molar-refractivity contribution is -0.147. The Morgan fingerprint density at radius 1 is 1.26 bits per heavy atom. The van der Waals surface area contributed by atoms with E-state index in [1.54, 1.807) is 18.6 Å². The van der Waals surface area contributed by atoms with E-state index in [1.165, 1.54) is 4.90 Å². The summed E-state index contributed by atoms with van der Waals surface area (Å²) in [5.41, 5.74) is 7.05. The molecule has 3 heterocycles. The van der Waals surface area contributed by atoms with Crippen LogP contribution in [-0.2, 0) is 14.4 Å². The predicted molar refractivity (Wildman–Crippen MR) is 127 cm³/mol. The van der Waals surface area contributed by atoms with Gasteiger partial charge in [-0.2, -0.15) is 5.10 Å². The number of rotatable bonds is 9. The molecule has 178 valence electrons. The number of carboxylic acid groups (broad SMARTS) is 1. The lowest BCUT2D eigenvalue weighted by Crippen LogP contribution is -2.53. The van der Waals surface area contributed by atoms with Crippen molar-refractivity contribution in [3.8, 4) is 0 Å². The Morgan fingerprint density at radius 2 is 2.03 bits per heavy atom. The number of hydrazone groups is 1. The van der Waals surface area contributed by atoms with Gasteiger partial charge in [-0.1, -0.05) is 29.4 Å². The van der Waals surface area contributed by atoms with Gasteiger partial charge in [0.1, 0.15) is 12.6 Å². The molecule has 0 bridgehead atoms. The van der Waals surface area contributed by atoms with E-state index in [-0.39, 0.29) is 31.1 Å². The van der Waals surface area contributed by atoms with Gasteiger partial charge in [0.2, 0.25) is 5.91 Å². The number of carbonyl (C=O) groups is 2. The zero-order valence-corrected chi connectivity index (χ0v) is 19.0. The van der Waals surface area contributed by atoms with Gasteiger partial charge in [0.05, 0.1) is 24.5 Å². The average molecular weight is 465 g/mol. The van der Waals surface area contributed by atoms with Gasteiger partial charge >= 0.3 is 5.97 Å². The molecule has 1 saturated heterocycles. The van der Waals surface area contributed by atoms with E-state index in [0.29, 0.717) is 26.1 Å². The smallest absolute Gasteiger partial charge is 0.323 e. The second-order valence-corrected chi connectivity index (χ2v) is 8.43. The largest absolute Gasteiger partial charge is 0.480 e. The quantitative estimate of drug-likeness (QED) is 0.426. The van der Waals surface area contributed by atoms with E-state index < -0.39 is 5.97 Å². The SMILES string of the molecule is CC(N/N=C/c1ccc(C2=NOC(CN3CCN(CC(=O)O)C(=O)C3)C2)cc1)c1ccncc1. The van der Waals surface area contributed by atoms with Gasteiger partial charge in [-0.05, 0) is 35.7 Å². The van der Waals surface area contributed by atoms with Crippen LogP contribution in [0.5, 0.6) is 0 Å². The molecule has 2 N–H and O–H groups in total. The van der Waals surface area contributed by atoms with E-state index >= 15 is 0 Å². The Labute approximate surface area is 197 Å². The van der Waals surface area contributed by atoms with Crippen molar-refractivity contribution in [2.75, 3.05) is 32.7 Å². The molecule has 34 heavy (non-hydrogen) atoms. The molecular weight excluding hydrogens is 436 g/mol. The van der Waals surface area contributed by atoms with Gasteiger partial charge < -0.3 is 20.3 Å². The zero-order valence-electron chi connectivity index (χ0n) is 19.0. The molecule has 10 nitrogen and oxygen atoms in total. The number of carbonyl (C=O) groups excluding carboxylic acids is 1. The molecule has 2 aromatic rings. The number of benzene rings is 1. The molecule has 2 aliphatic rings. The van der Waals surface area contributed by atoms with E-state index in [2.05, 4.69) is 20.7 Å². The summed E-state index contributed by atoms with van der Waals surface area (Å²) in [5.74, 6) is -1.17. The number of aromatic nitrogens is 1. The Hall–Kier alpha value is -3.79. The highest BCUT2D eigenvalue weighted by Gasteiger charge is 2.30. The summed E-state index contributed by atoms with van der Waals surface area (Å²) in [5, 5.41) is 17.5. The van der Waals surface area contributed by atoms with Crippen molar-refractivity contribution < 1.29 is 19.5 Å². The predicted octanol–water partition coefficient (Wildman–Crippen LogP) is 1.49. The number of aliphatic carboxylic acids is 1. The highest BCUT2D eigenvalue weighted by molar-refractivity contribution is 6.01. The lowest BCUT2D eigenvalue weighted by Gasteiger charge is -2.34. The number of amides is 1. The van der Waals surface area contributed by atoms with Crippen LogP contribution in [0, 0.1) is 0 Å². The maximum absolute atomic E-state index is 12.2. The molecule has 2 unspecified atom stereocenters. The van der Waals surface area contributed by atoms with Crippen molar-refractivity contribution in [2.24, 2.45) is 10.3 Å². The first-order chi connectivity index (χ1) is 16.5. The second-order valence-electron chi connectivity index (χ2n) is 8.43. The molecule has 10 heteroatoms. The van der Waals surface area contributed by atoms with E-state index in [4.69, 9.17) is 9.94 Å². The fourth-order valence-corrected chi connectivity index (χ4v) is 3.94. The molecule has 0 radical (unpaired) electrons. The van der Waals surface area contributed by atoms with Crippen LogP contribution >= 0.6 is 0 Å². The Balaban J connectivity index is 1.23. The highest BCUT2D eigenvalue weighted by Crippen LogP contribution is 2.19. The van der Waals surface area contributed by atoms with Crippen LogP contribution in [0.2, 0.25) is 0 Å². The normalized spacial score (nSPS) is 19.7. The van der Waals surface area contributed by atoms with Crippen molar-refractivity contribution in [2.45, 2.75) is 25.5 Å². The zero-order chi connectivity index (χ0) is 23.9. The maximum Gasteiger partial charge on any atom is 0.323 e. The summed E-state index contributed by atoms with van der Waals surface area (Å²) in [4.78, 5) is 36.0. The maximum atomic E-state index is 12.2. The van der Waals surface area contributed by atoms with Crippen LogP contribution in [0.4, 0.5) is 0 Å². The van der Waals surface area contributed by atoms with Crippen LogP contribution in [0.3, 0.4) is 0 Å². The third kappa shape index (κ3) is 6.16. The first-order valence-electron chi connectivity index (χ1n) is 11.2. The first-order valence-corrected chi connectivity index (χ1v) is 11.2. The average Bonchev–Trinajstić information content (AvgIpc) is 3.30. The molecule has 0 saturated carbocycles. The number of nitrogens with one attached hydrogen (secondary N) is 1. The summed E-state index contributed by atoms with van der Waals surface area (Å²) in [6.07, 6.45) is 5.82. The standard InChI is InChI=1S/C24H28N6O4/c1-17(19-6-8-25-9-7-19)27-26-13-18-2-4-20(5-3-18)22-12-21(34-28-22)14-29-10-11-30(16-24(32)33)23(31)15-29/h2-9,13,17,21,27H,10-12,14-16H2,1H3,(H,32,33)/b26-13+. The summed E-state index contributed by atoms with van der Waals surface area (Å²) in [7, 11) is 0. The van der Waals surface area contributed by atoms with Gasteiger partial charge in [-0.15, -0.1) is 0 Å². The molecule has 2 atom stereocenters. The van der Waals surface area contributed by atoms with Crippen molar-refractivity contribution >= 4 is 23.8 Å². The third-order valence-electron chi connectivity index (χ3n) is 5.85. The van der Waals surface area contributed by atoms with Gasteiger partial charge in [0.15, 0.2) is 0 Å². The molecule has 1 fully saturated rings. The number of nitrogens with zero attached hydrogens (tertiary/aromatic N) is 5. The molecular formula is C24H28N6O4. The minimum atomic E-state index is -0.993. The summed E-state index contributed by atoms with van der Waals surface area (Å²) in [6, 6.07) is 11.9. The molecule has 2 aliphatic heterocycles. The van der Waals surface area contributed by atoms with E-state index in [9.17, 15) is 9.59 Å². The Bertz CT molecular complexity index is 1060. The number of hydrogen-bond acceptors (Lipinski definition) is 8. The van der Waals surface area contributed by atoms with Crippen molar-refractivity contribution in [1.82, 2.24) is 20.2 Å². The fraction of sp³-hybridized carbons (Fsp3) is 0.375. The van der Waals surface area contributed by atoms with Gasteiger partial charge in [0.25, 0.3) is 0 Å². The topological polar surface area (TPSA) is 120 Å². The number of oxime groups is 1. The van der Waals surface area contributed by atoms with Gasteiger partial charge in [0, 0.05) is 38.4 Å². The van der Waals surface area contributed by atoms with E-state index in [1.807, 2.05) is 48.2 Å². The molecule has 0 spiro atoms. The lowest BCUT2D eigenvalue weighted by atomic mass is 10.0. The van der Waals surface area contributed by atoms with Crippen molar-refractivity contribution in [3.63, 3.8) is 0 Å².